The third-order valence-electron chi connectivity index (χ3n) is 7.28. The number of aliphatic hydroxyl groups is 2. The van der Waals surface area contributed by atoms with Crippen LogP contribution in [0.3, 0.4) is 0 Å². The van der Waals surface area contributed by atoms with Crippen molar-refractivity contribution in [2.24, 2.45) is 15.8 Å². The Bertz CT molecular complexity index is 1260. The molecule has 2 aromatic rings. The van der Waals surface area contributed by atoms with Crippen LogP contribution in [0.4, 0.5) is 5.69 Å². The molecule has 10 nitrogen and oxygen atoms in total. The van der Waals surface area contributed by atoms with Crippen LogP contribution in [0.5, 0.6) is 0 Å². The molecule has 10 heteroatoms. The normalized spacial score (nSPS) is 17.4. The lowest BCUT2D eigenvalue weighted by atomic mass is 9.72. The van der Waals surface area contributed by atoms with E-state index >= 15 is 0 Å². The zero-order chi connectivity index (χ0) is 28.1. The van der Waals surface area contributed by atoms with E-state index in [4.69, 9.17) is 9.73 Å². The lowest BCUT2D eigenvalue weighted by Gasteiger charge is -2.37. The van der Waals surface area contributed by atoms with Crippen molar-refractivity contribution in [2.45, 2.75) is 85.2 Å². The largest absolute Gasteiger partial charge is 0.465 e. The predicted octanol–water partition coefficient (Wildman–Crippen LogP) is 3.11. The Morgan fingerprint density at radius 1 is 1.05 bits per heavy atom. The number of hydrogen-bond donors (Lipinski definition) is 3. The third kappa shape index (κ3) is 5.56. The maximum atomic E-state index is 13.7. The maximum absolute atomic E-state index is 13.7. The second kappa shape index (κ2) is 11.8. The van der Waals surface area contributed by atoms with Crippen molar-refractivity contribution in [3.05, 3.63) is 50.8 Å². The summed E-state index contributed by atoms with van der Waals surface area (Å²) in [6.45, 7) is 9.16. The number of aromatic nitrogens is 3. The molecular weight excluding hydrogens is 488 g/mol. The van der Waals surface area contributed by atoms with Crippen LogP contribution in [-0.4, -0.2) is 56.1 Å². The minimum Gasteiger partial charge on any atom is -0.465 e. The number of hydrogen-bond acceptors (Lipinski definition) is 7. The fraction of sp³-hybridized carbons (Fsp3) is 0.643. The van der Waals surface area contributed by atoms with E-state index in [9.17, 15) is 24.6 Å². The van der Waals surface area contributed by atoms with Gasteiger partial charge in [-0.2, -0.15) is 0 Å². The molecule has 1 unspecified atom stereocenters. The van der Waals surface area contributed by atoms with Crippen LogP contribution in [-0.2, 0) is 21.6 Å². The summed E-state index contributed by atoms with van der Waals surface area (Å²) in [4.78, 5) is 43.8. The van der Waals surface area contributed by atoms with Crippen molar-refractivity contribution >= 4 is 17.4 Å². The van der Waals surface area contributed by atoms with Gasteiger partial charge < -0.3 is 14.9 Å². The fourth-order valence-electron chi connectivity index (χ4n) is 5.00. The van der Waals surface area contributed by atoms with Crippen molar-refractivity contribution in [3.63, 3.8) is 0 Å². The lowest BCUT2D eigenvalue weighted by Crippen LogP contribution is -2.51. The maximum Gasteiger partial charge on any atom is 0.348 e. The number of ether oxygens (including phenoxy) is 1. The minimum absolute atomic E-state index is 0.155. The second-order valence-corrected chi connectivity index (χ2v) is 11.5. The fourth-order valence-corrected chi connectivity index (χ4v) is 5.00. The first kappa shape index (κ1) is 29.6. The van der Waals surface area contributed by atoms with Crippen LogP contribution in [0, 0.1) is 10.8 Å². The number of nitrogens with zero attached hydrogens (tertiary/aromatic N) is 3. The molecule has 0 saturated carbocycles. The van der Waals surface area contributed by atoms with E-state index in [2.05, 4.69) is 25.9 Å². The number of nitrogens with one attached hydrogen (secondary N) is 1. The van der Waals surface area contributed by atoms with Gasteiger partial charge in [-0.3, -0.25) is 9.79 Å². The van der Waals surface area contributed by atoms with Crippen molar-refractivity contribution in [1.29, 1.82) is 0 Å². The van der Waals surface area contributed by atoms with Gasteiger partial charge in [0.25, 0.3) is 0 Å². The lowest BCUT2D eigenvalue weighted by molar-refractivity contribution is -0.160. The molecule has 1 aromatic carbocycles. The summed E-state index contributed by atoms with van der Waals surface area (Å²) in [6.07, 6.45) is 4.04. The number of esters is 1. The van der Waals surface area contributed by atoms with Gasteiger partial charge in [-0.25, -0.2) is 23.9 Å². The van der Waals surface area contributed by atoms with Gasteiger partial charge in [0, 0.05) is 17.5 Å². The number of unbranched alkanes of at least 4 members (excludes halogenated alkanes) is 3. The Hall–Kier alpha value is -2.98. The van der Waals surface area contributed by atoms with Crippen LogP contribution >= 0.6 is 0 Å². The van der Waals surface area contributed by atoms with Crippen molar-refractivity contribution in [3.8, 4) is 0 Å². The van der Waals surface area contributed by atoms with Gasteiger partial charge in [0.05, 0.1) is 31.2 Å². The number of aliphatic hydroxyl groups excluding tert-OH is 2. The Labute approximate surface area is 223 Å². The molecule has 0 fully saturated rings. The van der Waals surface area contributed by atoms with Gasteiger partial charge in [-0.05, 0) is 38.7 Å². The first-order valence-electron chi connectivity index (χ1n) is 13.5. The number of rotatable bonds is 13. The summed E-state index contributed by atoms with van der Waals surface area (Å²) in [5.41, 5.74) is -1.00. The summed E-state index contributed by atoms with van der Waals surface area (Å²) < 4.78 is 8.04. The first-order valence-corrected chi connectivity index (χ1v) is 13.5. The highest BCUT2D eigenvalue weighted by molar-refractivity contribution is 6.04. The van der Waals surface area contributed by atoms with Crippen molar-refractivity contribution < 1.29 is 19.7 Å². The second-order valence-electron chi connectivity index (χ2n) is 11.5. The molecule has 0 aliphatic carbocycles. The molecule has 38 heavy (non-hydrogen) atoms. The molecule has 1 aliphatic heterocycles. The molecule has 0 amide bonds. The number of aromatic amines is 1. The molecule has 0 saturated heterocycles. The van der Waals surface area contributed by atoms with E-state index in [0.717, 1.165) is 29.8 Å². The Balaban J connectivity index is 1.91. The number of para-hydroxylation sites is 1. The summed E-state index contributed by atoms with van der Waals surface area (Å²) in [6, 6.07) is 7.74. The smallest absolute Gasteiger partial charge is 0.348 e. The van der Waals surface area contributed by atoms with Crippen molar-refractivity contribution in [2.75, 3.05) is 19.8 Å². The number of benzene rings is 1. The zero-order valence-electron chi connectivity index (χ0n) is 23.2. The van der Waals surface area contributed by atoms with Gasteiger partial charge in [0.1, 0.15) is 11.0 Å². The quantitative estimate of drug-likeness (QED) is 0.269. The average molecular weight is 531 g/mol. The number of fused-ring (bicyclic) bond motifs is 1. The summed E-state index contributed by atoms with van der Waals surface area (Å²) >= 11 is 0. The summed E-state index contributed by atoms with van der Waals surface area (Å²) in [7, 11) is 0. The zero-order valence-corrected chi connectivity index (χ0v) is 23.2. The van der Waals surface area contributed by atoms with Gasteiger partial charge >= 0.3 is 17.3 Å². The predicted molar refractivity (Wildman–Crippen MR) is 146 cm³/mol. The topological polar surface area (TPSA) is 139 Å². The molecule has 0 spiro atoms. The first-order chi connectivity index (χ1) is 18.0. The molecule has 2 heterocycles. The highest BCUT2D eigenvalue weighted by Gasteiger charge is 2.50. The molecule has 1 aromatic heterocycles. The molecule has 1 aliphatic rings. The van der Waals surface area contributed by atoms with Crippen LogP contribution in [0.1, 0.15) is 78.7 Å². The Morgan fingerprint density at radius 3 is 2.37 bits per heavy atom. The van der Waals surface area contributed by atoms with Gasteiger partial charge in [0.2, 0.25) is 0 Å². The van der Waals surface area contributed by atoms with E-state index in [1.54, 1.807) is 0 Å². The van der Waals surface area contributed by atoms with E-state index < -0.39 is 41.2 Å². The molecule has 0 bridgehead atoms. The van der Waals surface area contributed by atoms with Gasteiger partial charge in [-0.15, -0.1) is 0 Å². The highest BCUT2D eigenvalue weighted by atomic mass is 16.5. The molecule has 0 radical (unpaired) electrons. The van der Waals surface area contributed by atoms with Crippen LogP contribution < -0.4 is 11.4 Å². The number of carbonyl (C=O) groups excluding carboxylic acids is 1. The Morgan fingerprint density at radius 2 is 1.74 bits per heavy atom. The SMILES string of the molecule is CCCCn1c(=O)[nH]n(C2(CCCCCOC(=O)C(C)(CO)CO)C(C(C)(C)C)=Nc3ccccc32)c1=O. The van der Waals surface area contributed by atoms with E-state index in [0.29, 0.717) is 32.2 Å². The average Bonchev–Trinajstić information content (AvgIpc) is 3.38. The molecular formula is C28H42N4O6. The van der Waals surface area contributed by atoms with E-state index in [1.807, 2.05) is 31.2 Å². The molecule has 210 valence electrons. The molecule has 1 atom stereocenters. The van der Waals surface area contributed by atoms with Crippen LogP contribution in [0.2, 0.25) is 0 Å². The van der Waals surface area contributed by atoms with Gasteiger partial charge in [-0.1, -0.05) is 58.7 Å². The van der Waals surface area contributed by atoms with Crippen LogP contribution in [0.15, 0.2) is 38.8 Å². The monoisotopic (exact) mass is 530 g/mol. The number of carbonyl (C=O) groups is 1. The van der Waals surface area contributed by atoms with E-state index in [-0.39, 0.29) is 12.3 Å². The third-order valence-corrected chi connectivity index (χ3v) is 7.28. The number of aliphatic imine (C=N–C) groups is 1. The Kier molecular flexibility index (Phi) is 9.20. The standard InChI is InChI=1S/C28H42N4O6/c1-6-7-16-31-24(36)30-32(25(31)37)28(15-11-8-12-17-38-23(35)27(5,18-33)19-34)20-13-9-10-14-21(20)29-22(28)26(2,3)4/h9-10,13-14,33-34H,6-8,11-12,15-19H2,1-5H3,(H,30,36). The van der Waals surface area contributed by atoms with Crippen molar-refractivity contribution in [1.82, 2.24) is 14.3 Å². The summed E-state index contributed by atoms with van der Waals surface area (Å²) in [5, 5.41) is 21.6. The van der Waals surface area contributed by atoms with Gasteiger partial charge in [0.15, 0.2) is 0 Å². The number of H-pyrrole nitrogens is 1. The molecule has 3 N–H and O–H groups in total. The van der Waals surface area contributed by atoms with Crippen LogP contribution in [0.25, 0.3) is 0 Å². The van der Waals surface area contributed by atoms with E-state index in [1.165, 1.54) is 16.2 Å². The summed E-state index contributed by atoms with van der Waals surface area (Å²) in [5.74, 6) is -0.636. The molecule has 3 rings (SSSR count). The highest BCUT2D eigenvalue weighted by Crippen LogP contribution is 2.48. The minimum atomic E-state index is -1.33.